The van der Waals surface area contributed by atoms with E-state index in [4.69, 9.17) is 9.72 Å². The van der Waals surface area contributed by atoms with Gasteiger partial charge in [-0.25, -0.2) is 4.98 Å². The Morgan fingerprint density at radius 3 is 2.78 bits per heavy atom. The van der Waals surface area contributed by atoms with E-state index in [1.54, 1.807) is 11.8 Å². The maximum atomic E-state index is 13.6. The van der Waals surface area contributed by atoms with E-state index in [-0.39, 0.29) is 18.1 Å². The number of fused-ring (bicyclic) bond motifs is 1. The number of hydrogen-bond acceptors (Lipinski definition) is 6. The summed E-state index contributed by atoms with van der Waals surface area (Å²) in [5, 5.41) is 11.2. The molecule has 1 aliphatic carbocycles. The van der Waals surface area contributed by atoms with Crippen molar-refractivity contribution in [2.45, 2.75) is 81.4 Å². The second-order valence-electron chi connectivity index (χ2n) is 10.4. The highest BCUT2D eigenvalue weighted by Gasteiger charge is 2.30. The third-order valence-corrected chi connectivity index (χ3v) is 8.54. The minimum atomic E-state index is -0.323. The Bertz CT molecular complexity index is 1090. The highest BCUT2D eigenvalue weighted by atomic mass is 32.2. The maximum Gasteiger partial charge on any atom is 0.252 e. The number of aromatic nitrogens is 1. The number of aliphatic hydroxyl groups excluding tert-OH is 1. The van der Waals surface area contributed by atoms with Gasteiger partial charge in [0, 0.05) is 48.6 Å². The van der Waals surface area contributed by atoms with Crippen molar-refractivity contribution in [2.75, 3.05) is 37.4 Å². The van der Waals surface area contributed by atoms with Gasteiger partial charge in [-0.15, -0.1) is 11.8 Å². The molecule has 1 aromatic carbocycles. The van der Waals surface area contributed by atoms with Crippen molar-refractivity contribution in [3.05, 3.63) is 41.5 Å². The molecule has 1 N–H and O–H groups in total. The number of thioether (sulfide) groups is 1. The van der Waals surface area contributed by atoms with Crippen molar-refractivity contribution in [2.24, 2.45) is 0 Å². The molecule has 0 bridgehead atoms. The first-order valence-electron chi connectivity index (χ1n) is 13.6. The van der Waals surface area contributed by atoms with Gasteiger partial charge in [-0.05, 0) is 82.2 Å². The summed E-state index contributed by atoms with van der Waals surface area (Å²) in [7, 11) is 0. The Balaban J connectivity index is 1.46. The highest BCUT2D eigenvalue weighted by Crippen LogP contribution is 2.31. The first-order valence-corrected chi connectivity index (χ1v) is 14.8. The molecule has 2 aliphatic heterocycles. The summed E-state index contributed by atoms with van der Waals surface area (Å²) in [5.41, 5.74) is 3.55. The first kappa shape index (κ1) is 25.6. The molecule has 5 rings (SSSR count). The molecular formula is C29H39N3O3S. The standard InChI is InChI=1S/C29H39N3O3S/c1-36-25-10-9-22-18-23(28(30-26(22)19-25)31-15-12-24(33)13-16-31)20-32(29(34)27-8-5-17-35-27)14-11-21-6-3-2-4-7-21/h6,9-10,18-19,24,27,33H,2-5,7-8,11-17,20H2,1H3/t27-/m0/s1. The number of nitrogens with zero attached hydrogens (tertiary/aromatic N) is 3. The largest absolute Gasteiger partial charge is 0.393 e. The van der Waals surface area contributed by atoms with Crippen molar-refractivity contribution in [1.82, 2.24) is 9.88 Å². The number of carbonyl (C=O) groups excluding carboxylic acids is 1. The lowest BCUT2D eigenvalue weighted by Crippen LogP contribution is -2.40. The predicted octanol–water partition coefficient (Wildman–Crippen LogP) is 5.32. The summed E-state index contributed by atoms with van der Waals surface area (Å²) >= 11 is 1.72. The number of pyridine rings is 1. The number of rotatable bonds is 8. The number of aliphatic hydroxyl groups is 1. The summed E-state index contributed by atoms with van der Waals surface area (Å²) in [6.07, 6.45) is 12.9. The zero-order chi connectivity index (χ0) is 24.9. The van der Waals surface area contributed by atoms with Gasteiger partial charge in [0.15, 0.2) is 0 Å². The van der Waals surface area contributed by atoms with Gasteiger partial charge >= 0.3 is 0 Å². The van der Waals surface area contributed by atoms with Gasteiger partial charge in [-0.1, -0.05) is 17.7 Å². The molecule has 7 heteroatoms. The Labute approximate surface area is 219 Å². The molecule has 3 heterocycles. The number of benzene rings is 1. The molecule has 1 amide bonds. The number of amides is 1. The Hall–Kier alpha value is -2.09. The molecule has 6 nitrogen and oxygen atoms in total. The topological polar surface area (TPSA) is 65.9 Å². The van der Waals surface area contributed by atoms with Crippen LogP contribution in [0.5, 0.6) is 0 Å². The molecule has 1 aromatic heterocycles. The van der Waals surface area contributed by atoms with E-state index < -0.39 is 0 Å². The van der Waals surface area contributed by atoms with Crippen LogP contribution in [0.25, 0.3) is 10.9 Å². The molecule has 1 atom stereocenters. The minimum Gasteiger partial charge on any atom is -0.393 e. The van der Waals surface area contributed by atoms with Gasteiger partial charge in [0.2, 0.25) is 0 Å². The fraction of sp³-hybridized carbons (Fsp3) is 0.586. The van der Waals surface area contributed by atoms with Crippen molar-refractivity contribution in [3.8, 4) is 0 Å². The van der Waals surface area contributed by atoms with Crippen LogP contribution < -0.4 is 4.90 Å². The molecule has 0 unspecified atom stereocenters. The van der Waals surface area contributed by atoms with Crippen molar-refractivity contribution in [3.63, 3.8) is 0 Å². The number of ether oxygens (including phenoxy) is 1. The monoisotopic (exact) mass is 509 g/mol. The molecule has 194 valence electrons. The third kappa shape index (κ3) is 6.06. The number of allylic oxidation sites excluding steroid dienone is 1. The van der Waals surface area contributed by atoms with E-state index in [9.17, 15) is 9.90 Å². The Kier molecular flexibility index (Phi) is 8.50. The number of anilines is 1. The molecule has 0 radical (unpaired) electrons. The fourth-order valence-electron chi connectivity index (χ4n) is 5.63. The van der Waals surface area contributed by atoms with Crippen LogP contribution in [-0.4, -0.2) is 65.6 Å². The maximum absolute atomic E-state index is 13.6. The molecule has 0 saturated carbocycles. The number of hydrogen-bond donors (Lipinski definition) is 1. The smallest absolute Gasteiger partial charge is 0.252 e. The van der Waals surface area contributed by atoms with Crippen LogP contribution in [0, 0.1) is 0 Å². The van der Waals surface area contributed by atoms with E-state index in [0.717, 1.165) is 80.3 Å². The van der Waals surface area contributed by atoms with Crippen LogP contribution in [0.15, 0.2) is 40.8 Å². The zero-order valence-corrected chi connectivity index (χ0v) is 22.3. The van der Waals surface area contributed by atoms with E-state index in [2.05, 4.69) is 41.5 Å². The average molecular weight is 510 g/mol. The van der Waals surface area contributed by atoms with Crippen molar-refractivity contribution < 1.29 is 14.6 Å². The van der Waals surface area contributed by atoms with Crippen LogP contribution in [-0.2, 0) is 16.1 Å². The van der Waals surface area contributed by atoms with E-state index in [1.807, 2.05) is 4.90 Å². The number of piperidine rings is 1. The van der Waals surface area contributed by atoms with Crippen LogP contribution >= 0.6 is 11.8 Å². The molecule has 2 fully saturated rings. The Morgan fingerprint density at radius 2 is 2.06 bits per heavy atom. The van der Waals surface area contributed by atoms with Crippen LogP contribution in [0.1, 0.15) is 63.4 Å². The lowest BCUT2D eigenvalue weighted by atomic mass is 9.97. The fourth-order valence-corrected chi connectivity index (χ4v) is 6.07. The summed E-state index contributed by atoms with van der Waals surface area (Å²) in [6, 6.07) is 8.65. The normalized spacial score (nSPS) is 21.1. The molecular weight excluding hydrogens is 470 g/mol. The van der Waals surface area contributed by atoms with Crippen molar-refractivity contribution in [1.29, 1.82) is 0 Å². The molecule has 36 heavy (non-hydrogen) atoms. The van der Waals surface area contributed by atoms with Crippen LogP contribution in [0.4, 0.5) is 5.82 Å². The van der Waals surface area contributed by atoms with Gasteiger partial charge in [-0.3, -0.25) is 4.79 Å². The quantitative estimate of drug-likeness (QED) is 0.384. The SMILES string of the molecule is CSc1ccc2cc(CN(CCC3=CCCCC3)C(=O)[C@@H]3CCCO3)c(N3CCC(O)CC3)nc2c1. The van der Waals surface area contributed by atoms with Crippen LogP contribution in [0.3, 0.4) is 0 Å². The van der Waals surface area contributed by atoms with E-state index in [0.29, 0.717) is 19.7 Å². The van der Waals surface area contributed by atoms with E-state index >= 15 is 0 Å². The zero-order valence-electron chi connectivity index (χ0n) is 21.5. The van der Waals surface area contributed by atoms with Crippen molar-refractivity contribution >= 4 is 34.4 Å². The number of carbonyl (C=O) groups is 1. The molecule has 0 spiro atoms. The van der Waals surface area contributed by atoms with Gasteiger partial charge in [-0.2, -0.15) is 0 Å². The lowest BCUT2D eigenvalue weighted by Gasteiger charge is -2.33. The first-order chi connectivity index (χ1) is 17.6. The van der Waals surface area contributed by atoms with Crippen LogP contribution in [0.2, 0.25) is 0 Å². The minimum absolute atomic E-state index is 0.113. The van der Waals surface area contributed by atoms with Gasteiger partial charge in [0.25, 0.3) is 5.91 Å². The molecule has 2 aromatic rings. The van der Waals surface area contributed by atoms with Gasteiger partial charge in [0.05, 0.1) is 11.6 Å². The summed E-state index contributed by atoms with van der Waals surface area (Å²) in [4.78, 5) is 24.3. The third-order valence-electron chi connectivity index (χ3n) is 7.81. The highest BCUT2D eigenvalue weighted by molar-refractivity contribution is 7.98. The Morgan fingerprint density at radius 1 is 1.19 bits per heavy atom. The van der Waals surface area contributed by atoms with Gasteiger partial charge < -0.3 is 19.6 Å². The second-order valence-corrected chi connectivity index (χ2v) is 11.2. The summed E-state index contributed by atoms with van der Waals surface area (Å²) in [5.74, 6) is 1.07. The van der Waals surface area contributed by atoms with E-state index in [1.165, 1.54) is 23.3 Å². The van der Waals surface area contributed by atoms with Gasteiger partial charge in [0.1, 0.15) is 11.9 Å². The summed E-state index contributed by atoms with van der Waals surface area (Å²) in [6.45, 7) is 3.48. The lowest BCUT2D eigenvalue weighted by molar-refractivity contribution is -0.141. The molecule has 2 saturated heterocycles. The predicted molar refractivity (Wildman–Crippen MR) is 147 cm³/mol. The molecule has 3 aliphatic rings. The average Bonchev–Trinajstić information content (AvgIpc) is 3.46. The summed E-state index contributed by atoms with van der Waals surface area (Å²) < 4.78 is 5.82. The second kappa shape index (κ2) is 12.0.